The molecule has 110 valence electrons. The summed E-state index contributed by atoms with van der Waals surface area (Å²) in [6.45, 7) is 3.52. The number of nitrogens with one attached hydrogen (secondary N) is 1. The van der Waals surface area contributed by atoms with E-state index in [9.17, 15) is 0 Å². The average Bonchev–Trinajstić information content (AvgIpc) is 2.90. The molecule has 0 saturated heterocycles. The Morgan fingerprint density at radius 1 is 1.05 bits per heavy atom. The third kappa shape index (κ3) is 2.22. The molecule has 0 spiro atoms. The minimum atomic E-state index is 0.749. The molecule has 0 bridgehead atoms. The van der Waals surface area contributed by atoms with Gasteiger partial charge in [0.15, 0.2) is 5.65 Å². The molecule has 1 N–H and O–H groups in total. The van der Waals surface area contributed by atoms with E-state index in [2.05, 4.69) is 28.2 Å². The lowest BCUT2D eigenvalue weighted by molar-refractivity contribution is 0.151. The first kappa shape index (κ1) is 13.2. The molecule has 4 aromatic rings. The number of benzene rings is 2. The first-order chi connectivity index (χ1) is 10.8. The normalized spacial score (nSPS) is 11.7. The van der Waals surface area contributed by atoms with Gasteiger partial charge in [0.05, 0.1) is 17.6 Å². The number of para-hydroxylation sites is 2. The molecule has 0 aliphatic rings. The van der Waals surface area contributed by atoms with Crippen molar-refractivity contribution < 1.29 is 4.74 Å². The van der Waals surface area contributed by atoms with Crippen LogP contribution in [0.1, 0.15) is 12.5 Å². The quantitative estimate of drug-likeness (QED) is 0.581. The third-order valence-corrected chi connectivity index (χ3v) is 3.90. The lowest BCUT2D eigenvalue weighted by Crippen LogP contribution is -1.97. The molecule has 0 aliphatic heterocycles. The maximum Gasteiger partial charge on any atom is 0.157 e. The molecule has 0 radical (unpaired) electrons. The number of nitrogens with zero attached hydrogens (tertiary/aromatic N) is 2. The second kappa shape index (κ2) is 5.39. The van der Waals surface area contributed by atoms with E-state index in [0.717, 1.165) is 52.7 Å². The van der Waals surface area contributed by atoms with Gasteiger partial charge in [-0.15, -0.1) is 0 Å². The SMILES string of the molecule is CCOCCc1ccc2[nH]c3nc4ccccc4nc3c2c1. The molecule has 0 saturated carbocycles. The number of hydrogen-bond acceptors (Lipinski definition) is 3. The summed E-state index contributed by atoms with van der Waals surface area (Å²) < 4.78 is 5.44. The molecule has 2 aromatic heterocycles. The van der Waals surface area contributed by atoms with Crippen molar-refractivity contribution in [3.63, 3.8) is 0 Å². The number of hydrogen-bond donors (Lipinski definition) is 1. The Morgan fingerprint density at radius 2 is 1.86 bits per heavy atom. The van der Waals surface area contributed by atoms with E-state index in [-0.39, 0.29) is 0 Å². The molecule has 0 aliphatic carbocycles. The molecule has 0 fully saturated rings. The first-order valence-electron chi connectivity index (χ1n) is 7.60. The third-order valence-electron chi connectivity index (χ3n) is 3.90. The predicted molar refractivity (Wildman–Crippen MR) is 89.1 cm³/mol. The second-order valence-electron chi connectivity index (χ2n) is 5.36. The smallest absolute Gasteiger partial charge is 0.157 e. The number of aromatic nitrogens is 3. The van der Waals surface area contributed by atoms with Crippen molar-refractivity contribution in [3.05, 3.63) is 48.0 Å². The number of ether oxygens (including phenoxy) is 1. The van der Waals surface area contributed by atoms with Crippen molar-refractivity contribution in [1.29, 1.82) is 0 Å². The molecule has 4 nitrogen and oxygen atoms in total. The van der Waals surface area contributed by atoms with Gasteiger partial charge in [-0.2, -0.15) is 0 Å². The van der Waals surface area contributed by atoms with Crippen molar-refractivity contribution in [2.75, 3.05) is 13.2 Å². The lowest BCUT2D eigenvalue weighted by Gasteiger charge is -2.02. The summed E-state index contributed by atoms with van der Waals surface area (Å²) in [5, 5.41) is 1.13. The average molecular weight is 291 g/mol. The van der Waals surface area contributed by atoms with Gasteiger partial charge in [-0.25, -0.2) is 9.97 Å². The van der Waals surface area contributed by atoms with Gasteiger partial charge in [-0.05, 0) is 43.2 Å². The summed E-state index contributed by atoms with van der Waals surface area (Å²) in [4.78, 5) is 12.8. The Hall–Kier alpha value is -2.46. The fraction of sp³-hybridized carbons (Fsp3) is 0.222. The van der Waals surface area contributed by atoms with Gasteiger partial charge in [0, 0.05) is 17.5 Å². The predicted octanol–water partition coefficient (Wildman–Crippen LogP) is 3.84. The van der Waals surface area contributed by atoms with Crippen LogP contribution in [-0.2, 0) is 11.2 Å². The number of fused-ring (bicyclic) bond motifs is 4. The number of H-pyrrole nitrogens is 1. The number of rotatable bonds is 4. The van der Waals surface area contributed by atoms with Gasteiger partial charge in [-0.3, -0.25) is 0 Å². The van der Waals surface area contributed by atoms with E-state index < -0.39 is 0 Å². The van der Waals surface area contributed by atoms with Gasteiger partial charge in [0.1, 0.15) is 5.52 Å². The molecular weight excluding hydrogens is 274 g/mol. The zero-order valence-corrected chi connectivity index (χ0v) is 12.5. The Morgan fingerprint density at radius 3 is 2.68 bits per heavy atom. The number of aromatic amines is 1. The van der Waals surface area contributed by atoms with E-state index in [0.29, 0.717) is 0 Å². The van der Waals surface area contributed by atoms with E-state index in [1.165, 1.54) is 5.56 Å². The Labute approximate surface area is 128 Å². The van der Waals surface area contributed by atoms with Gasteiger partial charge < -0.3 is 9.72 Å². The molecule has 2 aromatic carbocycles. The molecule has 4 heteroatoms. The van der Waals surface area contributed by atoms with E-state index >= 15 is 0 Å². The molecule has 22 heavy (non-hydrogen) atoms. The monoisotopic (exact) mass is 291 g/mol. The highest BCUT2D eigenvalue weighted by Crippen LogP contribution is 2.25. The van der Waals surface area contributed by atoms with Crippen LogP contribution < -0.4 is 0 Å². The summed E-state index contributed by atoms with van der Waals surface area (Å²) in [6, 6.07) is 14.4. The fourth-order valence-electron chi connectivity index (χ4n) is 2.79. The lowest BCUT2D eigenvalue weighted by atomic mass is 10.1. The van der Waals surface area contributed by atoms with E-state index in [1.807, 2.05) is 31.2 Å². The van der Waals surface area contributed by atoms with Crippen LogP contribution in [0.2, 0.25) is 0 Å². The Kier molecular flexibility index (Phi) is 3.24. The molecule has 4 rings (SSSR count). The molecular formula is C18H17N3O. The second-order valence-corrected chi connectivity index (χ2v) is 5.36. The van der Waals surface area contributed by atoms with Crippen molar-refractivity contribution >= 4 is 33.1 Å². The summed E-state index contributed by atoms with van der Waals surface area (Å²) in [6.07, 6.45) is 0.914. The van der Waals surface area contributed by atoms with Crippen LogP contribution in [0.25, 0.3) is 33.1 Å². The summed E-state index contributed by atoms with van der Waals surface area (Å²) in [5.74, 6) is 0. The topological polar surface area (TPSA) is 50.8 Å². The van der Waals surface area contributed by atoms with Gasteiger partial charge in [0.25, 0.3) is 0 Å². The van der Waals surface area contributed by atoms with Crippen LogP contribution in [-0.4, -0.2) is 28.2 Å². The molecule has 2 heterocycles. The van der Waals surface area contributed by atoms with Crippen LogP contribution in [0.15, 0.2) is 42.5 Å². The van der Waals surface area contributed by atoms with Crippen molar-refractivity contribution in [2.45, 2.75) is 13.3 Å². The zero-order chi connectivity index (χ0) is 14.9. The van der Waals surface area contributed by atoms with E-state index in [4.69, 9.17) is 9.72 Å². The summed E-state index contributed by atoms with van der Waals surface area (Å²) in [5.41, 5.74) is 5.96. The van der Waals surface area contributed by atoms with Gasteiger partial charge in [0.2, 0.25) is 0 Å². The maximum absolute atomic E-state index is 5.44. The Bertz CT molecular complexity index is 958. The zero-order valence-electron chi connectivity index (χ0n) is 12.5. The summed E-state index contributed by atoms with van der Waals surface area (Å²) >= 11 is 0. The largest absolute Gasteiger partial charge is 0.381 e. The fourth-order valence-corrected chi connectivity index (χ4v) is 2.79. The highest BCUT2D eigenvalue weighted by molar-refractivity contribution is 6.05. The van der Waals surface area contributed by atoms with Crippen molar-refractivity contribution in [2.24, 2.45) is 0 Å². The van der Waals surface area contributed by atoms with E-state index in [1.54, 1.807) is 0 Å². The minimum Gasteiger partial charge on any atom is -0.381 e. The highest BCUT2D eigenvalue weighted by atomic mass is 16.5. The standard InChI is InChI=1S/C18H17N3O/c1-2-22-10-9-12-7-8-14-13(11-12)17-18(20-14)21-16-6-4-3-5-15(16)19-17/h3-8,11H,2,9-10H2,1H3,(H,20,21). The first-order valence-corrected chi connectivity index (χ1v) is 7.60. The summed E-state index contributed by atoms with van der Waals surface area (Å²) in [7, 11) is 0. The van der Waals surface area contributed by atoms with Crippen LogP contribution in [0.3, 0.4) is 0 Å². The highest BCUT2D eigenvalue weighted by Gasteiger charge is 2.09. The minimum absolute atomic E-state index is 0.749. The Balaban J connectivity index is 1.86. The van der Waals surface area contributed by atoms with Crippen molar-refractivity contribution in [3.8, 4) is 0 Å². The maximum atomic E-state index is 5.44. The van der Waals surface area contributed by atoms with Gasteiger partial charge in [-0.1, -0.05) is 18.2 Å². The van der Waals surface area contributed by atoms with Crippen LogP contribution in [0.5, 0.6) is 0 Å². The molecule has 0 atom stereocenters. The van der Waals surface area contributed by atoms with Crippen LogP contribution in [0, 0.1) is 0 Å². The van der Waals surface area contributed by atoms with Crippen molar-refractivity contribution in [1.82, 2.24) is 15.0 Å². The van der Waals surface area contributed by atoms with Gasteiger partial charge >= 0.3 is 0 Å². The molecule has 0 unspecified atom stereocenters. The van der Waals surface area contributed by atoms with Crippen LogP contribution in [0.4, 0.5) is 0 Å². The van der Waals surface area contributed by atoms with Crippen LogP contribution >= 0.6 is 0 Å². The molecule has 0 amide bonds.